The molecule has 6 heteroatoms. The van der Waals surface area contributed by atoms with Crippen molar-refractivity contribution in [1.29, 1.82) is 0 Å². The first-order valence-electron chi connectivity index (χ1n) is 8.51. The number of benzene rings is 1. The minimum Gasteiger partial charge on any atom is -0.410 e. The second kappa shape index (κ2) is 8.36. The average molecular weight is 375 g/mol. The summed E-state index contributed by atoms with van der Waals surface area (Å²) in [7, 11) is -3.97. The molecule has 26 heavy (non-hydrogen) atoms. The van der Waals surface area contributed by atoms with Crippen molar-refractivity contribution in [3.05, 3.63) is 65.5 Å². The van der Waals surface area contributed by atoms with Gasteiger partial charge in [-0.05, 0) is 64.2 Å². The van der Waals surface area contributed by atoms with Gasteiger partial charge < -0.3 is 4.74 Å². The Kier molecular flexibility index (Phi) is 6.42. The van der Waals surface area contributed by atoms with Crippen LogP contribution in [0.3, 0.4) is 0 Å². The Balaban J connectivity index is 1.95. The van der Waals surface area contributed by atoms with E-state index in [2.05, 4.69) is 19.6 Å². The van der Waals surface area contributed by atoms with Gasteiger partial charge in [0.05, 0.1) is 4.90 Å². The standard InChI is InChI=1S/C20H25NO4S/c1-14-5-9-18(10-6-14)16(3)13-17(4)25-20(22)21-26(23,24)19-11-7-15(2)8-12-19/h5,7-8,11-13,18H,4,6,9-10H2,1-3H3,(H,21,22)/b16-13+. The van der Waals surface area contributed by atoms with Crippen LogP contribution in [0.4, 0.5) is 4.79 Å². The van der Waals surface area contributed by atoms with Gasteiger partial charge in [0.2, 0.25) is 0 Å². The van der Waals surface area contributed by atoms with E-state index < -0.39 is 16.1 Å². The van der Waals surface area contributed by atoms with Gasteiger partial charge in [-0.3, -0.25) is 0 Å². The maximum Gasteiger partial charge on any atom is 0.426 e. The zero-order valence-electron chi connectivity index (χ0n) is 15.4. The van der Waals surface area contributed by atoms with E-state index in [1.165, 1.54) is 17.7 Å². The fraction of sp³-hybridized carbons (Fsp3) is 0.350. The number of carbonyl (C=O) groups excluding carboxylic acids is 1. The van der Waals surface area contributed by atoms with Crippen LogP contribution in [0.25, 0.3) is 0 Å². The maximum atomic E-state index is 12.2. The van der Waals surface area contributed by atoms with E-state index in [1.807, 2.05) is 18.6 Å². The third kappa shape index (κ3) is 5.59. The Morgan fingerprint density at radius 1 is 1.27 bits per heavy atom. The summed E-state index contributed by atoms with van der Waals surface area (Å²) in [5.74, 6) is 0.504. The number of aryl methyl sites for hydroxylation is 1. The molecule has 1 N–H and O–H groups in total. The Morgan fingerprint density at radius 3 is 2.50 bits per heavy atom. The van der Waals surface area contributed by atoms with E-state index >= 15 is 0 Å². The smallest absolute Gasteiger partial charge is 0.410 e. The molecular formula is C20H25NO4S. The van der Waals surface area contributed by atoms with E-state index in [1.54, 1.807) is 18.2 Å². The van der Waals surface area contributed by atoms with Gasteiger partial charge in [0, 0.05) is 0 Å². The van der Waals surface area contributed by atoms with E-state index in [0.717, 1.165) is 30.4 Å². The quantitative estimate of drug-likeness (QED) is 0.463. The number of sulfonamides is 1. The number of carbonyl (C=O) groups is 1. The highest BCUT2D eigenvalue weighted by molar-refractivity contribution is 7.90. The van der Waals surface area contributed by atoms with Gasteiger partial charge in [-0.15, -0.1) is 0 Å². The summed E-state index contributed by atoms with van der Waals surface area (Å²) in [6.45, 7) is 9.62. The van der Waals surface area contributed by atoms with Gasteiger partial charge in [-0.2, -0.15) is 0 Å². The summed E-state index contributed by atoms with van der Waals surface area (Å²) in [5.41, 5.74) is 3.38. The molecule has 0 bridgehead atoms. The third-order valence-corrected chi connectivity index (χ3v) is 5.77. The van der Waals surface area contributed by atoms with E-state index in [9.17, 15) is 13.2 Å². The largest absolute Gasteiger partial charge is 0.426 e. The van der Waals surface area contributed by atoms with Gasteiger partial charge in [0.25, 0.3) is 10.0 Å². The first-order valence-corrected chi connectivity index (χ1v) is 10.00. The first kappa shape index (κ1) is 20.0. The number of nitrogens with one attached hydrogen (secondary N) is 1. The van der Waals surface area contributed by atoms with Crippen LogP contribution in [-0.2, 0) is 14.8 Å². The molecule has 1 aromatic carbocycles. The number of rotatable bonds is 5. The normalized spacial score (nSPS) is 18.0. The minimum atomic E-state index is -3.97. The molecule has 0 fully saturated rings. The Hall–Kier alpha value is -2.34. The van der Waals surface area contributed by atoms with Crippen LogP contribution in [0, 0.1) is 12.8 Å². The van der Waals surface area contributed by atoms with Gasteiger partial charge in [0.15, 0.2) is 0 Å². The van der Waals surface area contributed by atoms with Crippen molar-refractivity contribution in [2.45, 2.75) is 44.9 Å². The second-order valence-corrected chi connectivity index (χ2v) is 8.37. The lowest BCUT2D eigenvalue weighted by atomic mass is 9.85. The predicted molar refractivity (Wildman–Crippen MR) is 102 cm³/mol. The van der Waals surface area contributed by atoms with Crippen molar-refractivity contribution >= 4 is 16.1 Å². The highest BCUT2D eigenvalue weighted by Gasteiger charge is 2.19. The van der Waals surface area contributed by atoms with Crippen LogP contribution < -0.4 is 4.72 Å². The number of amides is 1. The lowest BCUT2D eigenvalue weighted by Crippen LogP contribution is -2.30. The summed E-state index contributed by atoms with van der Waals surface area (Å²) in [5, 5.41) is 0. The van der Waals surface area contributed by atoms with E-state index in [0.29, 0.717) is 5.92 Å². The highest BCUT2D eigenvalue weighted by atomic mass is 32.2. The number of allylic oxidation sites excluding steroid dienone is 4. The van der Waals surface area contributed by atoms with E-state index in [4.69, 9.17) is 4.74 Å². The van der Waals surface area contributed by atoms with Crippen LogP contribution in [-0.4, -0.2) is 14.5 Å². The SMILES string of the molecule is C=C(/C=C(\C)C1CC=C(C)CC1)OC(=O)NS(=O)(=O)c1ccc(C)cc1. The maximum absolute atomic E-state index is 12.2. The predicted octanol–water partition coefficient (Wildman–Crippen LogP) is 4.62. The van der Waals surface area contributed by atoms with Gasteiger partial charge in [-0.25, -0.2) is 17.9 Å². The molecule has 0 radical (unpaired) electrons. The van der Waals surface area contributed by atoms with Crippen molar-refractivity contribution in [2.75, 3.05) is 0 Å². The molecule has 0 aromatic heterocycles. The Bertz CT molecular complexity index is 848. The fourth-order valence-electron chi connectivity index (χ4n) is 2.81. The summed E-state index contributed by atoms with van der Waals surface area (Å²) in [6.07, 6.45) is 5.89. The number of hydrogen-bond acceptors (Lipinski definition) is 4. The van der Waals surface area contributed by atoms with Crippen molar-refractivity contribution in [2.24, 2.45) is 5.92 Å². The monoisotopic (exact) mass is 375 g/mol. The molecule has 1 aliphatic rings. The molecule has 0 saturated heterocycles. The number of ether oxygens (including phenoxy) is 1. The van der Waals surface area contributed by atoms with Crippen molar-refractivity contribution in [1.82, 2.24) is 4.72 Å². The van der Waals surface area contributed by atoms with Crippen LogP contribution in [0.15, 0.2) is 64.8 Å². The van der Waals surface area contributed by atoms with Crippen LogP contribution in [0.1, 0.15) is 38.7 Å². The molecule has 1 atom stereocenters. The first-order chi connectivity index (χ1) is 12.2. The third-order valence-electron chi connectivity index (χ3n) is 4.44. The highest BCUT2D eigenvalue weighted by Crippen LogP contribution is 2.29. The molecule has 1 unspecified atom stereocenters. The summed E-state index contributed by atoms with van der Waals surface area (Å²) >= 11 is 0. The molecule has 140 valence electrons. The molecule has 0 heterocycles. The van der Waals surface area contributed by atoms with Gasteiger partial charge in [0.1, 0.15) is 5.76 Å². The molecule has 5 nitrogen and oxygen atoms in total. The molecule has 0 saturated carbocycles. The Morgan fingerprint density at radius 2 is 1.92 bits per heavy atom. The van der Waals surface area contributed by atoms with Gasteiger partial charge in [-0.1, -0.05) is 41.5 Å². The minimum absolute atomic E-state index is 0.00162. The lowest BCUT2D eigenvalue weighted by Gasteiger charge is -2.21. The average Bonchev–Trinajstić information content (AvgIpc) is 2.54. The topological polar surface area (TPSA) is 72.5 Å². The lowest BCUT2D eigenvalue weighted by molar-refractivity contribution is 0.186. The molecule has 2 rings (SSSR count). The van der Waals surface area contributed by atoms with Crippen LogP contribution >= 0.6 is 0 Å². The van der Waals surface area contributed by atoms with Crippen molar-refractivity contribution in [3.63, 3.8) is 0 Å². The second-order valence-electron chi connectivity index (χ2n) is 6.68. The Labute approximate surface area is 155 Å². The molecule has 1 amide bonds. The van der Waals surface area contributed by atoms with Gasteiger partial charge >= 0.3 is 6.09 Å². The summed E-state index contributed by atoms with van der Waals surface area (Å²) in [6, 6.07) is 6.18. The summed E-state index contributed by atoms with van der Waals surface area (Å²) < 4.78 is 31.2. The number of hydrogen-bond donors (Lipinski definition) is 1. The zero-order valence-corrected chi connectivity index (χ0v) is 16.2. The van der Waals surface area contributed by atoms with Crippen LogP contribution in [0.2, 0.25) is 0 Å². The van der Waals surface area contributed by atoms with Crippen LogP contribution in [0.5, 0.6) is 0 Å². The van der Waals surface area contributed by atoms with E-state index in [-0.39, 0.29) is 10.7 Å². The van der Waals surface area contributed by atoms with Crippen molar-refractivity contribution < 1.29 is 17.9 Å². The molecule has 0 aliphatic heterocycles. The summed E-state index contributed by atoms with van der Waals surface area (Å²) in [4.78, 5) is 11.9. The molecule has 0 spiro atoms. The molecule has 1 aromatic rings. The van der Waals surface area contributed by atoms with Crippen molar-refractivity contribution in [3.8, 4) is 0 Å². The zero-order chi connectivity index (χ0) is 19.3. The molecule has 1 aliphatic carbocycles. The fourth-order valence-corrected chi connectivity index (χ4v) is 3.68. The molecular weight excluding hydrogens is 350 g/mol.